The second-order valence-electron chi connectivity index (χ2n) is 7.51. The minimum absolute atomic E-state index is 0. The Balaban J connectivity index is 0.000000325. The molecule has 0 spiro atoms. The minimum Gasteiger partial charge on any atom is -0.379 e. The SMILES string of the molecule is C.CC1CCN(C)CC1.CN1CCN(C)CC1.CN1CCOCC1. The third-order valence-electron chi connectivity index (χ3n) is 4.97. The van der Waals surface area contributed by atoms with Gasteiger partial charge in [0.25, 0.3) is 0 Å². The molecule has 0 aromatic heterocycles. The van der Waals surface area contributed by atoms with Crippen molar-refractivity contribution >= 4 is 0 Å². The molecular formula is C19H44N4O. The van der Waals surface area contributed by atoms with Crippen molar-refractivity contribution in [3.63, 3.8) is 0 Å². The van der Waals surface area contributed by atoms with Crippen LogP contribution in [0.5, 0.6) is 0 Å². The van der Waals surface area contributed by atoms with Gasteiger partial charge in [0.05, 0.1) is 13.2 Å². The summed E-state index contributed by atoms with van der Waals surface area (Å²) in [5.41, 5.74) is 0. The molecule has 3 rings (SSSR count). The van der Waals surface area contributed by atoms with E-state index >= 15 is 0 Å². The first-order valence-corrected chi connectivity index (χ1v) is 9.29. The van der Waals surface area contributed by atoms with Gasteiger partial charge in [-0.05, 0) is 60.0 Å². The van der Waals surface area contributed by atoms with Gasteiger partial charge in [0.1, 0.15) is 0 Å². The number of piperidine rings is 1. The average molecular weight is 345 g/mol. The highest BCUT2D eigenvalue weighted by atomic mass is 16.5. The quantitative estimate of drug-likeness (QED) is 0.666. The van der Waals surface area contributed by atoms with E-state index in [1.807, 2.05) is 0 Å². The molecule has 0 saturated carbocycles. The number of piperazine rings is 1. The van der Waals surface area contributed by atoms with E-state index < -0.39 is 0 Å². The topological polar surface area (TPSA) is 22.2 Å². The molecular weight excluding hydrogens is 300 g/mol. The molecule has 0 aliphatic carbocycles. The molecule has 3 fully saturated rings. The first kappa shape index (κ1) is 23.8. The van der Waals surface area contributed by atoms with Crippen LogP contribution in [0.2, 0.25) is 0 Å². The molecule has 0 radical (unpaired) electrons. The normalized spacial score (nSPS) is 24.9. The molecule has 3 aliphatic rings. The number of rotatable bonds is 0. The van der Waals surface area contributed by atoms with E-state index in [1.165, 1.54) is 52.1 Å². The van der Waals surface area contributed by atoms with Crippen LogP contribution in [-0.2, 0) is 4.74 Å². The maximum Gasteiger partial charge on any atom is 0.0594 e. The highest BCUT2D eigenvalue weighted by molar-refractivity contribution is 4.65. The van der Waals surface area contributed by atoms with E-state index in [-0.39, 0.29) is 7.43 Å². The monoisotopic (exact) mass is 344 g/mol. The summed E-state index contributed by atoms with van der Waals surface area (Å²) in [5, 5.41) is 0. The van der Waals surface area contributed by atoms with Gasteiger partial charge in [-0.2, -0.15) is 0 Å². The predicted octanol–water partition coefficient (Wildman–Crippen LogP) is 1.80. The number of likely N-dealkylation sites (N-methyl/N-ethyl adjacent to an activating group) is 3. The summed E-state index contributed by atoms with van der Waals surface area (Å²) in [6.45, 7) is 13.9. The van der Waals surface area contributed by atoms with Gasteiger partial charge in [-0.1, -0.05) is 14.4 Å². The Labute approximate surface area is 151 Å². The second kappa shape index (κ2) is 14.0. The molecule has 0 bridgehead atoms. The lowest BCUT2D eigenvalue weighted by atomic mass is 10.00. The van der Waals surface area contributed by atoms with Crippen LogP contribution < -0.4 is 0 Å². The number of hydrogen-bond acceptors (Lipinski definition) is 5. The van der Waals surface area contributed by atoms with Crippen molar-refractivity contribution in [2.45, 2.75) is 27.2 Å². The molecule has 3 heterocycles. The summed E-state index contributed by atoms with van der Waals surface area (Å²) in [4.78, 5) is 9.39. The van der Waals surface area contributed by atoms with Gasteiger partial charge in [0, 0.05) is 39.3 Å². The summed E-state index contributed by atoms with van der Waals surface area (Å²) < 4.78 is 5.10. The van der Waals surface area contributed by atoms with Crippen molar-refractivity contribution in [2.24, 2.45) is 5.92 Å². The van der Waals surface area contributed by atoms with Crippen molar-refractivity contribution in [3.8, 4) is 0 Å². The molecule has 0 aromatic rings. The van der Waals surface area contributed by atoms with Gasteiger partial charge < -0.3 is 24.3 Å². The lowest BCUT2D eigenvalue weighted by Gasteiger charge is -2.28. The first-order valence-electron chi connectivity index (χ1n) is 9.29. The number of nitrogens with zero attached hydrogens (tertiary/aromatic N) is 4. The summed E-state index contributed by atoms with van der Waals surface area (Å²) in [7, 11) is 8.66. The molecule has 0 N–H and O–H groups in total. The Morgan fingerprint density at radius 1 is 0.583 bits per heavy atom. The molecule has 24 heavy (non-hydrogen) atoms. The maximum atomic E-state index is 5.10. The molecule has 146 valence electrons. The fraction of sp³-hybridized carbons (Fsp3) is 1.00. The number of ether oxygens (including phenoxy) is 1. The predicted molar refractivity (Wildman–Crippen MR) is 106 cm³/mol. The Morgan fingerprint density at radius 3 is 1.21 bits per heavy atom. The lowest BCUT2D eigenvalue weighted by Crippen LogP contribution is -2.42. The largest absolute Gasteiger partial charge is 0.379 e. The van der Waals surface area contributed by atoms with Crippen molar-refractivity contribution in [2.75, 3.05) is 93.8 Å². The standard InChI is InChI=1S/C7H15N.C6H14N2.C5H11NO.CH4/c2*1-7-3-5-8(2)6-4-7;1-6-2-4-7-5-3-6;/h7H,3-6H2,1-2H3;3-6H2,1-2H3;2-5H2,1H3;1H4. The van der Waals surface area contributed by atoms with Crippen molar-refractivity contribution < 1.29 is 4.74 Å². The minimum atomic E-state index is 0. The molecule has 5 nitrogen and oxygen atoms in total. The molecule has 5 heteroatoms. The molecule has 3 aliphatic heterocycles. The Morgan fingerprint density at radius 2 is 0.917 bits per heavy atom. The van der Waals surface area contributed by atoms with E-state index in [0.717, 1.165) is 32.2 Å². The summed E-state index contributed by atoms with van der Waals surface area (Å²) in [6, 6.07) is 0. The zero-order valence-electron chi connectivity index (χ0n) is 16.3. The van der Waals surface area contributed by atoms with Gasteiger partial charge in [-0.25, -0.2) is 0 Å². The highest BCUT2D eigenvalue weighted by Crippen LogP contribution is 2.13. The van der Waals surface area contributed by atoms with Crippen LogP contribution >= 0.6 is 0 Å². The van der Waals surface area contributed by atoms with Crippen molar-refractivity contribution in [1.29, 1.82) is 0 Å². The summed E-state index contributed by atoms with van der Waals surface area (Å²) in [5.74, 6) is 0.978. The molecule has 0 amide bonds. The van der Waals surface area contributed by atoms with E-state index in [9.17, 15) is 0 Å². The first-order chi connectivity index (χ1) is 11.0. The van der Waals surface area contributed by atoms with Gasteiger partial charge >= 0.3 is 0 Å². The summed E-state index contributed by atoms with van der Waals surface area (Å²) in [6.07, 6.45) is 2.80. The fourth-order valence-electron chi connectivity index (χ4n) is 2.70. The summed E-state index contributed by atoms with van der Waals surface area (Å²) >= 11 is 0. The van der Waals surface area contributed by atoms with E-state index in [4.69, 9.17) is 4.74 Å². The maximum absolute atomic E-state index is 5.10. The Kier molecular flexibility index (Phi) is 13.9. The van der Waals surface area contributed by atoms with Crippen molar-refractivity contribution in [1.82, 2.24) is 19.6 Å². The smallest absolute Gasteiger partial charge is 0.0594 e. The Hall–Kier alpha value is -0.200. The third-order valence-corrected chi connectivity index (χ3v) is 4.97. The van der Waals surface area contributed by atoms with Crippen LogP contribution in [0.25, 0.3) is 0 Å². The van der Waals surface area contributed by atoms with Crippen LogP contribution in [0.4, 0.5) is 0 Å². The lowest BCUT2D eigenvalue weighted by molar-refractivity contribution is 0.0503. The fourth-order valence-corrected chi connectivity index (χ4v) is 2.70. The molecule has 3 saturated heterocycles. The van der Waals surface area contributed by atoms with E-state index in [1.54, 1.807) is 0 Å². The number of morpholine rings is 1. The molecule has 0 atom stereocenters. The second-order valence-corrected chi connectivity index (χ2v) is 7.51. The highest BCUT2D eigenvalue weighted by Gasteiger charge is 2.10. The van der Waals surface area contributed by atoms with Gasteiger partial charge in [-0.15, -0.1) is 0 Å². The van der Waals surface area contributed by atoms with Crippen molar-refractivity contribution in [3.05, 3.63) is 0 Å². The van der Waals surface area contributed by atoms with E-state index in [2.05, 4.69) is 54.7 Å². The average Bonchev–Trinajstić information content (AvgIpc) is 2.55. The van der Waals surface area contributed by atoms with Gasteiger partial charge in [0.2, 0.25) is 0 Å². The molecule has 0 aromatic carbocycles. The van der Waals surface area contributed by atoms with Crippen LogP contribution in [0, 0.1) is 5.92 Å². The van der Waals surface area contributed by atoms with Gasteiger partial charge in [0.15, 0.2) is 0 Å². The van der Waals surface area contributed by atoms with Crippen LogP contribution in [0.1, 0.15) is 27.2 Å². The zero-order chi connectivity index (χ0) is 17.1. The Bertz CT molecular complexity index is 229. The third kappa shape index (κ3) is 12.2. The zero-order valence-corrected chi connectivity index (χ0v) is 16.3. The van der Waals surface area contributed by atoms with E-state index in [0.29, 0.717) is 0 Å². The van der Waals surface area contributed by atoms with Gasteiger partial charge in [-0.3, -0.25) is 0 Å². The number of likely N-dealkylation sites (tertiary alicyclic amines) is 1. The van der Waals surface area contributed by atoms with Crippen LogP contribution in [-0.4, -0.2) is 113 Å². The number of hydrogen-bond donors (Lipinski definition) is 0. The van der Waals surface area contributed by atoms with Crippen LogP contribution in [0.15, 0.2) is 0 Å². The van der Waals surface area contributed by atoms with Crippen LogP contribution in [0.3, 0.4) is 0 Å². The molecule has 0 unspecified atom stereocenters.